The second-order valence-corrected chi connectivity index (χ2v) is 8.19. The zero-order valence-corrected chi connectivity index (χ0v) is 18.4. The van der Waals surface area contributed by atoms with E-state index < -0.39 is 17.6 Å². The molecule has 0 aliphatic heterocycles. The first kappa shape index (κ1) is 23.5. The highest BCUT2D eigenvalue weighted by atomic mass is 35.5. The van der Waals surface area contributed by atoms with Gasteiger partial charge in [-0.2, -0.15) is 0 Å². The van der Waals surface area contributed by atoms with Gasteiger partial charge >= 0.3 is 6.09 Å². The molecule has 0 spiro atoms. The molecule has 9 heteroatoms. The molecule has 0 aliphatic rings. The van der Waals surface area contributed by atoms with Gasteiger partial charge in [0.2, 0.25) is 5.91 Å². The van der Waals surface area contributed by atoms with Gasteiger partial charge in [0.25, 0.3) is 5.91 Å². The monoisotopic (exact) mass is 451 g/mol. The molecule has 160 valence electrons. The number of carbonyl (C=O) groups is 3. The Hall–Kier alpha value is -2.77. The van der Waals surface area contributed by atoms with Gasteiger partial charge in [-0.25, -0.2) is 4.79 Å². The number of alkyl carbamates (subject to hydrolysis) is 1. The van der Waals surface area contributed by atoms with Gasteiger partial charge in [-0.1, -0.05) is 41.4 Å². The standard InChI is InChI=1S/C21H23Cl2N3O4/c1-21(2,3)30-20(29)25-12-18(27)26-17-7-5-4-6-14(17)11-24-19(28)13-8-9-15(22)16(23)10-13/h4-10H,11-12H2,1-3H3,(H,24,28)(H,25,29)(H,26,27). The highest BCUT2D eigenvalue weighted by Crippen LogP contribution is 2.22. The van der Waals surface area contributed by atoms with Crippen molar-refractivity contribution in [3.05, 3.63) is 63.6 Å². The highest BCUT2D eigenvalue weighted by molar-refractivity contribution is 6.42. The number of hydrogen-bond acceptors (Lipinski definition) is 4. The quantitative estimate of drug-likeness (QED) is 0.606. The van der Waals surface area contributed by atoms with Crippen molar-refractivity contribution in [2.24, 2.45) is 0 Å². The number of rotatable bonds is 6. The number of amides is 3. The molecule has 2 aromatic rings. The van der Waals surface area contributed by atoms with Crippen molar-refractivity contribution in [3.8, 4) is 0 Å². The third kappa shape index (κ3) is 7.57. The molecule has 3 amide bonds. The predicted octanol–water partition coefficient (Wildman–Crippen LogP) is 4.39. The fourth-order valence-corrected chi connectivity index (χ4v) is 2.67. The van der Waals surface area contributed by atoms with E-state index in [0.29, 0.717) is 21.8 Å². The van der Waals surface area contributed by atoms with E-state index in [1.54, 1.807) is 57.2 Å². The molecule has 0 fully saturated rings. The van der Waals surface area contributed by atoms with Gasteiger partial charge in [-0.3, -0.25) is 9.59 Å². The van der Waals surface area contributed by atoms with Gasteiger partial charge in [0.1, 0.15) is 12.1 Å². The molecule has 0 atom stereocenters. The van der Waals surface area contributed by atoms with Crippen molar-refractivity contribution < 1.29 is 19.1 Å². The summed E-state index contributed by atoms with van der Waals surface area (Å²) >= 11 is 11.8. The Morgan fingerprint density at radius 1 is 0.967 bits per heavy atom. The smallest absolute Gasteiger partial charge is 0.408 e. The van der Waals surface area contributed by atoms with Gasteiger partial charge in [-0.05, 0) is 50.6 Å². The largest absolute Gasteiger partial charge is 0.444 e. The number of halogens is 2. The van der Waals surface area contributed by atoms with E-state index in [1.165, 1.54) is 6.07 Å². The second kappa shape index (κ2) is 10.3. The van der Waals surface area contributed by atoms with Crippen LogP contribution < -0.4 is 16.0 Å². The summed E-state index contributed by atoms with van der Waals surface area (Å²) in [7, 11) is 0. The van der Waals surface area contributed by atoms with Crippen LogP contribution in [0.5, 0.6) is 0 Å². The molecule has 2 rings (SSSR count). The van der Waals surface area contributed by atoms with Crippen molar-refractivity contribution in [2.45, 2.75) is 32.9 Å². The lowest BCUT2D eigenvalue weighted by atomic mass is 10.1. The summed E-state index contributed by atoms with van der Waals surface area (Å²) in [5, 5.41) is 8.52. The number of nitrogens with one attached hydrogen (secondary N) is 3. The molecular formula is C21H23Cl2N3O4. The first-order valence-corrected chi connectivity index (χ1v) is 9.88. The van der Waals surface area contributed by atoms with E-state index >= 15 is 0 Å². The average molecular weight is 452 g/mol. The van der Waals surface area contributed by atoms with Crippen molar-refractivity contribution in [1.82, 2.24) is 10.6 Å². The minimum absolute atomic E-state index is 0.176. The van der Waals surface area contributed by atoms with Crippen LogP contribution in [0.4, 0.5) is 10.5 Å². The summed E-state index contributed by atoms with van der Waals surface area (Å²) in [6.45, 7) is 5.12. The zero-order valence-electron chi connectivity index (χ0n) is 16.8. The Labute approximate surface area is 185 Å². The molecule has 0 saturated heterocycles. The first-order valence-electron chi connectivity index (χ1n) is 9.13. The molecule has 0 radical (unpaired) electrons. The van der Waals surface area contributed by atoms with E-state index in [2.05, 4.69) is 16.0 Å². The Morgan fingerprint density at radius 2 is 1.67 bits per heavy atom. The van der Waals surface area contributed by atoms with Gasteiger partial charge in [-0.15, -0.1) is 0 Å². The van der Waals surface area contributed by atoms with Crippen molar-refractivity contribution >= 4 is 46.8 Å². The van der Waals surface area contributed by atoms with E-state index in [4.69, 9.17) is 27.9 Å². The SMILES string of the molecule is CC(C)(C)OC(=O)NCC(=O)Nc1ccccc1CNC(=O)c1ccc(Cl)c(Cl)c1. The number of carbonyl (C=O) groups excluding carboxylic acids is 3. The second-order valence-electron chi connectivity index (χ2n) is 7.37. The van der Waals surface area contributed by atoms with Gasteiger partial charge in [0, 0.05) is 17.8 Å². The summed E-state index contributed by atoms with van der Waals surface area (Å²) in [6, 6.07) is 11.6. The van der Waals surface area contributed by atoms with Crippen LogP contribution in [0.3, 0.4) is 0 Å². The third-order valence-electron chi connectivity index (χ3n) is 3.70. The average Bonchev–Trinajstić information content (AvgIpc) is 2.66. The summed E-state index contributed by atoms with van der Waals surface area (Å²) in [6.07, 6.45) is -0.681. The minimum atomic E-state index is -0.681. The maximum Gasteiger partial charge on any atom is 0.408 e. The maximum absolute atomic E-state index is 12.3. The van der Waals surface area contributed by atoms with Crippen molar-refractivity contribution in [1.29, 1.82) is 0 Å². The van der Waals surface area contributed by atoms with Crippen molar-refractivity contribution in [3.63, 3.8) is 0 Å². The molecule has 0 aromatic heterocycles. The van der Waals surface area contributed by atoms with E-state index in [0.717, 1.165) is 0 Å². The third-order valence-corrected chi connectivity index (χ3v) is 4.44. The molecule has 0 unspecified atom stereocenters. The maximum atomic E-state index is 12.3. The molecule has 0 aliphatic carbocycles. The van der Waals surface area contributed by atoms with Crippen LogP contribution in [0, 0.1) is 0 Å². The minimum Gasteiger partial charge on any atom is -0.444 e. The van der Waals surface area contributed by atoms with Crippen LogP contribution >= 0.6 is 23.2 Å². The molecule has 2 aromatic carbocycles. The van der Waals surface area contributed by atoms with E-state index in [-0.39, 0.29) is 24.0 Å². The van der Waals surface area contributed by atoms with E-state index in [9.17, 15) is 14.4 Å². The molecule has 0 heterocycles. The number of anilines is 1. The van der Waals surface area contributed by atoms with Crippen LogP contribution in [-0.4, -0.2) is 30.1 Å². The lowest BCUT2D eigenvalue weighted by molar-refractivity contribution is -0.115. The lowest BCUT2D eigenvalue weighted by Gasteiger charge is -2.19. The zero-order chi connectivity index (χ0) is 22.3. The van der Waals surface area contributed by atoms with Gasteiger partial charge < -0.3 is 20.7 Å². The first-order chi connectivity index (χ1) is 14.0. The molecule has 3 N–H and O–H groups in total. The number of benzene rings is 2. The summed E-state index contributed by atoms with van der Waals surface area (Å²) in [5.41, 5.74) is 0.923. The summed E-state index contributed by atoms with van der Waals surface area (Å²) < 4.78 is 5.09. The number of para-hydroxylation sites is 1. The fraction of sp³-hybridized carbons (Fsp3) is 0.286. The fourth-order valence-electron chi connectivity index (χ4n) is 2.37. The van der Waals surface area contributed by atoms with Crippen LogP contribution in [0.25, 0.3) is 0 Å². The Morgan fingerprint density at radius 3 is 2.33 bits per heavy atom. The topological polar surface area (TPSA) is 96.5 Å². The molecular weight excluding hydrogens is 429 g/mol. The Bertz CT molecular complexity index is 942. The van der Waals surface area contributed by atoms with Crippen molar-refractivity contribution in [2.75, 3.05) is 11.9 Å². The van der Waals surface area contributed by atoms with Crippen LogP contribution in [0.1, 0.15) is 36.7 Å². The Balaban J connectivity index is 1.93. The normalized spacial score (nSPS) is 10.8. The lowest BCUT2D eigenvalue weighted by Crippen LogP contribution is -2.37. The number of hydrogen-bond donors (Lipinski definition) is 3. The van der Waals surface area contributed by atoms with Crippen LogP contribution in [-0.2, 0) is 16.1 Å². The highest BCUT2D eigenvalue weighted by Gasteiger charge is 2.17. The molecule has 0 bridgehead atoms. The number of ether oxygens (including phenoxy) is 1. The summed E-state index contributed by atoms with van der Waals surface area (Å²) in [4.78, 5) is 36.2. The molecule has 30 heavy (non-hydrogen) atoms. The van der Waals surface area contributed by atoms with Crippen LogP contribution in [0.2, 0.25) is 10.0 Å². The van der Waals surface area contributed by atoms with Gasteiger partial charge in [0.05, 0.1) is 10.0 Å². The van der Waals surface area contributed by atoms with E-state index in [1.807, 2.05) is 0 Å². The molecule has 7 nitrogen and oxygen atoms in total. The summed E-state index contributed by atoms with van der Waals surface area (Å²) in [5.74, 6) is -0.759. The van der Waals surface area contributed by atoms with Crippen LogP contribution in [0.15, 0.2) is 42.5 Å². The Kier molecular flexibility index (Phi) is 8.08. The predicted molar refractivity (Wildman–Crippen MR) is 117 cm³/mol. The van der Waals surface area contributed by atoms with Gasteiger partial charge in [0.15, 0.2) is 0 Å². The molecule has 0 saturated carbocycles.